The van der Waals surface area contributed by atoms with Gasteiger partial charge >= 0.3 is 17.9 Å². The highest BCUT2D eigenvalue weighted by Crippen LogP contribution is 2.17. The molecule has 0 aliphatic carbocycles. The van der Waals surface area contributed by atoms with E-state index >= 15 is 0 Å². The first-order valence-corrected chi connectivity index (χ1v) is 29.5. The second-order valence-corrected chi connectivity index (χ2v) is 19.9. The molecule has 0 amide bonds. The highest BCUT2D eigenvalue weighted by atomic mass is 16.6. The summed E-state index contributed by atoms with van der Waals surface area (Å²) < 4.78 is 16.9. The van der Waals surface area contributed by atoms with Gasteiger partial charge < -0.3 is 14.2 Å². The predicted molar refractivity (Wildman–Crippen MR) is 289 cm³/mol. The zero-order chi connectivity index (χ0) is 48.6. The summed E-state index contributed by atoms with van der Waals surface area (Å²) in [5.74, 6) is -0.864. The van der Waals surface area contributed by atoms with Crippen LogP contribution in [-0.2, 0) is 28.6 Å². The zero-order valence-corrected chi connectivity index (χ0v) is 44.9. The van der Waals surface area contributed by atoms with E-state index in [1.165, 1.54) is 199 Å². The molecule has 392 valence electrons. The van der Waals surface area contributed by atoms with E-state index in [9.17, 15) is 14.4 Å². The summed E-state index contributed by atoms with van der Waals surface area (Å²) in [6, 6.07) is 0. The lowest BCUT2D eigenvalue weighted by Gasteiger charge is -2.18. The Morgan fingerprint density at radius 1 is 0.299 bits per heavy atom. The summed E-state index contributed by atoms with van der Waals surface area (Å²) in [4.78, 5) is 38.2. The maximum atomic E-state index is 12.9. The third-order valence-electron chi connectivity index (χ3n) is 13.1. The molecule has 1 unspecified atom stereocenters. The molecule has 0 aromatic heterocycles. The average Bonchev–Trinajstić information content (AvgIpc) is 3.33. The van der Waals surface area contributed by atoms with Gasteiger partial charge in [0.05, 0.1) is 0 Å². The van der Waals surface area contributed by atoms with E-state index in [1.807, 2.05) is 0 Å². The Morgan fingerprint density at radius 3 is 0.866 bits per heavy atom. The van der Waals surface area contributed by atoms with Gasteiger partial charge in [0.25, 0.3) is 0 Å². The molecule has 0 saturated heterocycles. The molecule has 67 heavy (non-hydrogen) atoms. The van der Waals surface area contributed by atoms with E-state index in [2.05, 4.69) is 57.2 Å². The third-order valence-corrected chi connectivity index (χ3v) is 13.1. The molecule has 0 radical (unpaired) electrons. The van der Waals surface area contributed by atoms with E-state index in [1.54, 1.807) is 0 Å². The first-order valence-electron chi connectivity index (χ1n) is 29.5. The predicted octanol–water partition coefficient (Wildman–Crippen LogP) is 19.7. The monoisotopic (exact) mass is 941 g/mol. The van der Waals surface area contributed by atoms with Crippen LogP contribution < -0.4 is 0 Å². The summed E-state index contributed by atoms with van der Waals surface area (Å²) >= 11 is 0. The quantitative estimate of drug-likeness (QED) is 0.0262. The molecule has 0 rings (SSSR count). The summed E-state index contributed by atoms with van der Waals surface area (Å²) in [6.45, 7) is 6.65. The standard InChI is InChI=1S/C61H112O6/c1-4-7-10-13-16-19-22-25-27-29-30-32-33-36-39-42-45-48-51-54-60(63)66-57-58(56-65-59(62)53-50-47-44-41-38-35-24-21-18-15-12-9-6-3)67-61(64)55-52-49-46-43-40-37-34-31-28-26-23-20-17-14-11-8-5-2/h16,19,25,27,30,32,58H,4-15,17-18,20-24,26,28-29,31,33-57H2,1-3H3/b19-16-,27-25-,32-30-. The van der Waals surface area contributed by atoms with Crippen molar-refractivity contribution in [1.29, 1.82) is 0 Å². The van der Waals surface area contributed by atoms with Crippen LogP contribution in [0, 0.1) is 0 Å². The molecule has 0 saturated carbocycles. The lowest BCUT2D eigenvalue weighted by Crippen LogP contribution is -2.30. The fraction of sp³-hybridized carbons (Fsp3) is 0.852. The molecule has 0 fully saturated rings. The SMILES string of the molecule is CCCCC/C=C\C/C=C\C/C=C\CCCCCCCCC(=O)OCC(COC(=O)CCCCCCCCCCCCCCC)OC(=O)CCCCCCCCCCCCCCCCCCC. The van der Waals surface area contributed by atoms with Gasteiger partial charge in [-0.25, -0.2) is 0 Å². The molecule has 0 spiro atoms. The Labute approximate surface area is 416 Å². The van der Waals surface area contributed by atoms with Crippen LogP contribution in [0.5, 0.6) is 0 Å². The van der Waals surface area contributed by atoms with Gasteiger partial charge in [0.1, 0.15) is 13.2 Å². The molecule has 0 aromatic rings. The van der Waals surface area contributed by atoms with Crippen molar-refractivity contribution in [3.8, 4) is 0 Å². The number of hydrogen-bond acceptors (Lipinski definition) is 6. The van der Waals surface area contributed by atoms with Gasteiger partial charge in [-0.05, 0) is 57.8 Å². The van der Waals surface area contributed by atoms with Gasteiger partial charge in [-0.15, -0.1) is 0 Å². The Kier molecular flexibility index (Phi) is 54.2. The second-order valence-electron chi connectivity index (χ2n) is 19.9. The fourth-order valence-electron chi connectivity index (χ4n) is 8.69. The van der Waals surface area contributed by atoms with Gasteiger partial charge in [0.15, 0.2) is 6.10 Å². The average molecular weight is 942 g/mol. The van der Waals surface area contributed by atoms with Crippen molar-refractivity contribution in [2.24, 2.45) is 0 Å². The molecule has 0 aliphatic rings. The summed E-state index contributed by atoms with van der Waals surface area (Å²) in [5.41, 5.74) is 0. The smallest absolute Gasteiger partial charge is 0.306 e. The van der Waals surface area contributed by atoms with Crippen LogP contribution in [0.25, 0.3) is 0 Å². The van der Waals surface area contributed by atoms with Crippen LogP contribution in [0.1, 0.15) is 316 Å². The molecule has 6 nitrogen and oxygen atoms in total. The molecular formula is C61H112O6. The number of rotatable bonds is 54. The van der Waals surface area contributed by atoms with Crippen LogP contribution in [-0.4, -0.2) is 37.2 Å². The molecule has 0 aromatic carbocycles. The minimum absolute atomic E-state index is 0.0713. The lowest BCUT2D eigenvalue weighted by atomic mass is 10.0. The number of unbranched alkanes of at least 4 members (excludes halogenated alkanes) is 37. The molecule has 6 heteroatoms. The van der Waals surface area contributed by atoms with Gasteiger partial charge in [0.2, 0.25) is 0 Å². The number of ether oxygens (including phenoxy) is 3. The number of carbonyl (C=O) groups is 3. The summed E-state index contributed by atoms with van der Waals surface area (Å²) in [5, 5.41) is 0. The van der Waals surface area contributed by atoms with E-state index < -0.39 is 6.10 Å². The van der Waals surface area contributed by atoms with Crippen LogP contribution in [0.15, 0.2) is 36.5 Å². The molecule has 0 N–H and O–H groups in total. The largest absolute Gasteiger partial charge is 0.462 e. The van der Waals surface area contributed by atoms with Gasteiger partial charge in [-0.3, -0.25) is 14.4 Å². The highest BCUT2D eigenvalue weighted by Gasteiger charge is 2.19. The first-order chi connectivity index (χ1) is 33.0. The van der Waals surface area contributed by atoms with Crippen molar-refractivity contribution in [1.82, 2.24) is 0 Å². The molecular weight excluding hydrogens is 829 g/mol. The van der Waals surface area contributed by atoms with Crippen molar-refractivity contribution in [2.45, 2.75) is 322 Å². The number of esters is 3. The van der Waals surface area contributed by atoms with Gasteiger partial charge in [-0.1, -0.05) is 276 Å². The van der Waals surface area contributed by atoms with Crippen LogP contribution in [0.2, 0.25) is 0 Å². The van der Waals surface area contributed by atoms with Crippen LogP contribution in [0.4, 0.5) is 0 Å². The van der Waals surface area contributed by atoms with E-state index in [0.717, 1.165) is 77.0 Å². The van der Waals surface area contributed by atoms with E-state index in [-0.39, 0.29) is 31.1 Å². The minimum Gasteiger partial charge on any atom is -0.462 e. The van der Waals surface area contributed by atoms with E-state index in [4.69, 9.17) is 14.2 Å². The van der Waals surface area contributed by atoms with Crippen molar-refractivity contribution >= 4 is 17.9 Å². The second kappa shape index (κ2) is 56.2. The van der Waals surface area contributed by atoms with Crippen molar-refractivity contribution < 1.29 is 28.6 Å². The molecule has 0 bridgehead atoms. The minimum atomic E-state index is -0.773. The molecule has 0 aliphatic heterocycles. The normalized spacial score (nSPS) is 12.2. The molecule has 0 heterocycles. The number of carbonyl (C=O) groups excluding carboxylic acids is 3. The third kappa shape index (κ3) is 54.4. The van der Waals surface area contributed by atoms with Gasteiger partial charge in [-0.2, -0.15) is 0 Å². The van der Waals surface area contributed by atoms with Crippen molar-refractivity contribution in [3.05, 3.63) is 36.5 Å². The summed E-state index contributed by atoms with van der Waals surface area (Å²) in [7, 11) is 0. The summed E-state index contributed by atoms with van der Waals surface area (Å²) in [6.07, 6.45) is 67.0. The van der Waals surface area contributed by atoms with Gasteiger partial charge in [0, 0.05) is 19.3 Å². The van der Waals surface area contributed by atoms with E-state index in [0.29, 0.717) is 19.3 Å². The number of allylic oxidation sites excluding steroid dienone is 6. The Morgan fingerprint density at radius 2 is 0.537 bits per heavy atom. The maximum Gasteiger partial charge on any atom is 0.306 e. The van der Waals surface area contributed by atoms with Crippen LogP contribution in [0.3, 0.4) is 0 Å². The van der Waals surface area contributed by atoms with Crippen molar-refractivity contribution in [2.75, 3.05) is 13.2 Å². The maximum absolute atomic E-state index is 12.9. The Balaban J connectivity index is 4.34. The van der Waals surface area contributed by atoms with Crippen LogP contribution >= 0.6 is 0 Å². The van der Waals surface area contributed by atoms with Crippen molar-refractivity contribution in [3.63, 3.8) is 0 Å². The fourth-order valence-corrected chi connectivity index (χ4v) is 8.69. The molecule has 1 atom stereocenters. The Bertz CT molecular complexity index is 1130. The highest BCUT2D eigenvalue weighted by molar-refractivity contribution is 5.71. The topological polar surface area (TPSA) is 78.9 Å². The first kappa shape index (κ1) is 64.6. The lowest BCUT2D eigenvalue weighted by molar-refractivity contribution is -0.167. The Hall–Kier alpha value is -2.37. The number of hydrogen-bond donors (Lipinski definition) is 0. The zero-order valence-electron chi connectivity index (χ0n) is 44.9.